The largest absolute Gasteiger partial charge is 0.444 e. The number of likely N-dealkylation sites (tertiary alicyclic amines) is 2. The van der Waals surface area contributed by atoms with Gasteiger partial charge in [0.15, 0.2) is 0 Å². The molecule has 0 spiro atoms. The third-order valence-electron chi connectivity index (χ3n) is 5.00. The Kier molecular flexibility index (Phi) is 6.32. The molecular weight excluding hydrogens is 292 g/mol. The predicted molar refractivity (Wildman–Crippen MR) is 91.6 cm³/mol. The van der Waals surface area contributed by atoms with E-state index in [-0.39, 0.29) is 12.1 Å². The summed E-state index contributed by atoms with van der Waals surface area (Å²) in [5.74, 6) is 0.683. The Balaban J connectivity index is 1.76. The Hall–Kier alpha value is -0.810. The maximum absolute atomic E-state index is 12.3. The van der Waals surface area contributed by atoms with Crippen LogP contribution in [0.3, 0.4) is 0 Å². The molecule has 0 aliphatic carbocycles. The van der Waals surface area contributed by atoms with Gasteiger partial charge in [-0.2, -0.15) is 0 Å². The molecule has 2 rings (SSSR count). The molecule has 23 heavy (non-hydrogen) atoms. The number of hydrogen-bond donors (Lipinski definition) is 0. The van der Waals surface area contributed by atoms with Gasteiger partial charge in [0.1, 0.15) is 5.60 Å². The Labute approximate surface area is 141 Å². The summed E-state index contributed by atoms with van der Waals surface area (Å²) in [6.07, 6.45) is 4.71. The fourth-order valence-electron chi connectivity index (χ4n) is 3.72. The number of methoxy groups -OCH3 is 1. The predicted octanol–water partition coefficient (Wildman–Crippen LogP) is 3.13. The number of piperidine rings is 2. The van der Waals surface area contributed by atoms with Crippen LogP contribution in [-0.4, -0.2) is 66.9 Å². The van der Waals surface area contributed by atoms with E-state index in [1.807, 2.05) is 32.8 Å². The maximum Gasteiger partial charge on any atom is 0.410 e. The van der Waals surface area contributed by atoms with E-state index in [1.54, 1.807) is 0 Å². The van der Waals surface area contributed by atoms with E-state index in [0.29, 0.717) is 12.0 Å². The van der Waals surface area contributed by atoms with Crippen LogP contribution in [-0.2, 0) is 9.47 Å². The summed E-state index contributed by atoms with van der Waals surface area (Å²) in [5, 5.41) is 0. The minimum absolute atomic E-state index is 0.163. The quantitative estimate of drug-likeness (QED) is 0.799. The molecule has 0 aromatic heterocycles. The highest BCUT2D eigenvalue weighted by atomic mass is 16.6. The lowest BCUT2D eigenvalue weighted by molar-refractivity contribution is 0.00113. The van der Waals surface area contributed by atoms with Gasteiger partial charge < -0.3 is 19.3 Å². The first-order valence-corrected chi connectivity index (χ1v) is 9.03. The van der Waals surface area contributed by atoms with Gasteiger partial charge in [-0.15, -0.1) is 0 Å². The third kappa shape index (κ3) is 5.64. The van der Waals surface area contributed by atoms with Gasteiger partial charge in [0.25, 0.3) is 0 Å². The second kappa shape index (κ2) is 7.84. The molecule has 2 aliphatic heterocycles. The highest BCUT2D eigenvalue weighted by molar-refractivity contribution is 5.68. The number of amides is 1. The number of nitrogens with zero attached hydrogens (tertiary/aromatic N) is 2. The number of ether oxygens (including phenoxy) is 2. The van der Waals surface area contributed by atoms with Crippen LogP contribution in [0.1, 0.15) is 53.4 Å². The van der Waals surface area contributed by atoms with Crippen molar-refractivity contribution in [1.29, 1.82) is 0 Å². The van der Waals surface area contributed by atoms with E-state index in [4.69, 9.17) is 9.47 Å². The van der Waals surface area contributed by atoms with E-state index >= 15 is 0 Å². The molecule has 134 valence electrons. The molecule has 0 N–H and O–H groups in total. The zero-order valence-electron chi connectivity index (χ0n) is 15.5. The van der Waals surface area contributed by atoms with E-state index in [0.717, 1.165) is 51.9 Å². The molecule has 5 heteroatoms. The minimum Gasteiger partial charge on any atom is -0.444 e. The summed E-state index contributed by atoms with van der Waals surface area (Å²) in [7, 11) is 1.81. The Morgan fingerprint density at radius 1 is 1.13 bits per heavy atom. The summed E-state index contributed by atoms with van der Waals surface area (Å²) in [5.41, 5.74) is -0.417. The van der Waals surface area contributed by atoms with E-state index < -0.39 is 5.60 Å². The summed E-state index contributed by atoms with van der Waals surface area (Å²) in [4.78, 5) is 16.7. The minimum atomic E-state index is -0.417. The summed E-state index contributed by atoms with van der Waals surface area (Å²) < 4.78 is 11.0. The van der Waals surface area contributed by atoms with Crippen molar-refractivity contribution in [1.82, 2.24) is 9.80 Å². The molecular formula is C18H34N2O3. The SMILES string of the molecule is COC1CCN(CC2CCN(C(=O)OC(C)(C)C)C(C)C2)CC1. The van der Waals surface area contributed by atoms with Crippen molar-refractivity contribution < 1.29 is 14.3 Å². The molecule has 2 saturated heterocycles. The average Bonchev–Trinajstić information content (AvgIpc) is 2.46. The van der Waals surface area contributed by atoms with Gasteiger partial charge in [0, 0.05) is 39.3 Å². The van der Waals surface area contributed by atoms with Crippen LogP contribution >= 0.6 is 0 Å². The first-order valence-electron chi connectivity index (χ1n) is 9.03. The highest BCUT2D eigenvalue weighted by Crippen LogP contribution is 2.26. The lowest BCUT2D eigenvalue weighted by Crippen LogP contribution is -2.49. The van der Waals surface area contributed by atoms with Gasteiger partial charge in [-0.25, -0.2) is 4.79 Å². The molecule has 0 bridgehead atoms. The lowest BCUT2D eigenvalue weighted by Gasteiger charge is -2.41. The molecule has 1 amide bonds. The van der Waals surface area contributed by atoms with Crippen molar-refractivity contribution >= 4 is 6.09 Å². The van der Waals surface area contributed by atoms with Crippen LogP contribution in [0.25, 0.3) is 0 Å². The van der Waals surface area contributed by atoms with E-state index in [1.165, 1.54) is 0 Å². The molecule has 0 aromatic carbocycles. The molecule has 0 saturated carbocycles. The normalized spacial score (nSPS) is 28.0. The van der Waals surface area contributed by atoms with Gasteiger partial charge in [0.2, 0.25) is 0 Å². The van der Waals surface area contributed by atoms with Gasteiger partial charge in [-0.3, -0.25) is 0 Å². The zero-order chi connectivity index (χ0) is 17.0. The second-order valence-corrected chi connectivity index (χ2v) is 8.15. The third-order valence-corrected chi connectivity index (χ3v) is 5.00. The van der Waals surface area contributed by atoms with E-state index in [2.05, 4.69) is 11.8 Å². The lowest BCUT2D eigenvalue weighted by atomic mass is 9.90. The number of carbonyl (C=O) groups excluding carboxylic acids is 1. The maximum atomic E-state index is 12.3. The molecule has 2 atom stereocenters. The van der Waals surface area contributed by atoms with Crippen molar-refractivity contribution in [2.24, 2.45) is 5.92 Å². The van der Waals surface area contributed by atoms with Crippen molar-refractivity contribution in [3.8, 4) is 0 Å². The number of rotatable bonds is 3. The summed E-state index contributed by atoms with van der Waals surface area (Å²) in [6, 6.07) is 0.264. The Bertz CT molecular complexity index is 386. The molecule has 0 aromatic rings. The second-order valence-electron chi connectivity index (χ2n) is 8.15. The first kappa shape index (κ1) is 18.5. The van der Waals surface area contributed by atoms with Crippen LogP contribution in [0.2, 0.25) is 0 Å². The van der Waals surface area contributed by atoms with Crippen molar-refractivity contribution in [2.45, 2.75) is 71.1 Å². The van der Waals surface area contributed by atoms with Crippen LogP contribution in [0.5, 0.6) is 0 Å². The van der Waals surface area contributed by atoms with Crippen LogP contribution in [0.15, 0.2) is 0 Å². The standard InChI is InChI=1S/C18H34N2O3/c1-14-12-15(13-19-9-7-16(22-5)8-10-19)6-11-20(14)17(21)23-18(2,3)4/h14-16H,6-13H2,1-5H3. The fraction of sp³-hybridized carbons (Fsp3) is 0.944. The van der Waals surface area contributed by atoms with Crippen LogP contribution in [0.4, 0.5) is 4.79 Å². The van der Waals surface area contributed by atoms with Crippen molar-refractivity contribution in [3.63, 3.8) is 0 Å². The fourth-order valence-corrected chi connectivity index (χ4v) is 3.72. The van der Waals surface area contributed by atoms with Gasteiger partial charge in [0.05, 0.1) is 6.10 Å². The molecule has 2 aliphatic rings. The monoisotopic (exact) mass is 326 g/mol. The Morgan fingerprint density at radius 2 is 1.78 bits per heavy atom. The van der Waals surface area contributed by atoms with Crippen LogP contribution in [0, 0.1) is 5.92 Å². The van der Waals surface area contributed by atoms with Crippen molar-refractivity contribution in [3.05, 3.63) is 0 Å². The molecule has 2 fully saturated rings. The van der Waals surface area contributed by atoms with Crippen molar-refractivity contribution in [2.75, 3.05) is 33.3 Å². The summed E-state index contributed by atoms with van der Waals surface area (Å²) in [6.45, 7) is 12.2. The number of hydrogen-bond acceptors (Lipinski definition) is 4. The molecule has 5 nitrogen and oxygen atoms in total. The topological polar surface area (TPSA) is 42.0 Å². The highest BCUT2D eigenvalue weighted by Gasteiger charge is 2.32. The molecule has 0 radical (unpaired) electrons. The smallest absolute Gasteiger partial charge is 0.410 e. The van der Waals surface area contributed by atoms with Gasteiger partial charge >= 0.3 is 6.09 Å². The zero-order valence-corrected chi connectivity index (χ0v) is 15.5. The first-order chi connectivity index (χ1) is 10.8. The Morgan fingerprint density at radius 3 is 2.30 bits per heavy atom. The van der Waals surface area contributed by atoms with Gasteiger partial charge in [-0.1, -0.05) is 0 Å². The number of carbonyl (C=O) groups is 1. The summed E-state index contributed by atoms with van der Waals surface area (Å²) >= 11 is 0. The molecule has 2 unspecified atom stereocenters. The van der Waals surface area contributed by atoms with E-state index in [9.17, 15) is 4.79 Å². The average molecular weight is 326 g/mol. The molecule has 2 heterocycles. The van der Waals surface area contributed by atoms with Crippen LogP contribution < -0.4 is 0 Å². The van der Waals surface area contributed by atoms with Gasteiger partial charge in [-0.05, 0) is 59.3 Å².